The molecular formula is C21H19ClNO5PS. The van der Waals surface area contributed by atoms with Crippen LogP contribution in [-0.4, -0.2) is 21.5 Å². The van der Waals surface area contributed by atoms with E-state index in [0.29, 0.717) is 26.0 Å². The molecule has 156 valence electrons. The molecule has 0 radical (unpaired) electrons. The lowest BCUT2D eigenvalue weighted by molar-refractivity contribution is 0.0988. The Morgan fingerprint density at radius 3 is 2.40 bits per heavy atom. The molecule has 0 fully saturated rings. The summed E-state index contributed by atoms with van der Waals surface area (Å²) >= 11 is 7.08. The topological polar surface area (TPSA) is 94.9 Å². The van der Waals surface area contributed by atoms with Crippen LogP contribution in [0.15, 0.2) is 60.7 Å². The number of rotatable bonds is 7. The predicted octanol–water partition coefficient (Wildman–Crippen LogP) is 5.13. The smallest absolute Gasteiger partial charge is 0.324 e. The molecule has 3 aromatic rings. The summed E-state index contributed by atoms with van der Waals surface area (Å²) in [5.41, 5.74) is 1.60. The van der Waals surface area contributed by atoms with Crippen molar-refractivity contribution in [3.8, 4) is 0 Å². The SMILES string of the molecule is CC(=O)c1cc(Cl)ccc1N(Cc1ccccc1)C(=O)c1ccc(CP(=O)(O)O)s1. The Kier molecular flexibility index (Phi) is 6.91. The second-order valence-electron chi connectivity index (χ2n) is 6.68. The van der Waals surface area contributed by atoms with Gasteiger partial charge < -0.3 is 14.7 Å². The minimum atomic E-state index is -4.24. The van der Waals surface area contributed by atoms with Gasteiger partial charge in [-0.05, 0) is 42.8 Å². The van der Waals surface area contributed by atoms with E-state index in [1.165, 1.54) is 24.0 Å². The molecule has 0 saturated heterocycles. The van der Waals surface area contributed by atoms with Gasteiger partial charge in [0.15, 0.2) is 5.78 Å². The molecule has 2 aromatic carbocycles. The summed E-state index contributed by atoms with van der Waals surface area (Å²) in [5, 5.41) is 0.385. The standard InChI is InChI=1S/C21H19ClNO5PS/c1-14(24)18-11-16(22)7-9-19(18)23(12-15-5-3-2-4-6-15)21(25)20-10-8-17(30-20)13-29(26,27)28/h2-11H,12-13H2,1H3,(H2,26,27,28). The molecular weight excluding hydrogens is 445 g/mol. The van der Waals surface area contributed by atoms with Gasteiger partial charge in [-0.15, -0.1) is 11.3 Å². The number of carbonyl (C=O) groups is 2. The van der Waals surface area contributed by atoms with E-state index in [1.54, 1.807) is 18.2 Å². The highest BCUT2D eigenvalue weighted by atomic mass is 35.5. The van der Waals surface area contributed by atoms with Crippen molar-refractivity contribution in [1.29, 1.82) is 0 Å². The van der Waals surface area contributed by atoms with Crippen molar-refractivity contribution in [2.45, 2.75) is 19.6 Å². The predicted molar refractivity (Wildman–Crippen MR) is 118 cm³/mol. The van der Waals surface area contributed by atoms with Crippen molar-refractivity contribution < 1.29 is 23.9 Å². The average Bonchev–Trinajstić information content (AvgIpc) is 3.13. The van der Waals surface area contributed by atoms with Crippen LogP contribution in [0.1, 0.15) is 37.4 Å². The van der Waals surface area contributed by atoms with E-state index in [9.17, 15) is 23.9 Å². The Hall–Kier alpha value is -2.28. The molecule has 0 atom stereocenters. The van der Waals surface area contributed by atoms with Crippen LogP contribution in [0.4, 0.5) is 5.69 Å². The fourth-order valence-electron chi connectivity index (χ4n) is 2.97. The summed E-state index contributed by atoms with van der Waals surface area (Å²) in [5.74, 6) is -0.600. The lowest BCUT2D eigenvalue weighted by Gasteiger charge is -2.24. The van der Waals surface area contributed by atoms with Crippen molar-refractivity contribution in [2.24, 2.45) is 0 Å². The van der Waals surface area contributed by atoms with Gasteiger partial charge in [0.1, 0.15) is 0 Å². The lowest BCUT2D eigenvalue weighted by atomic mass is 10.1. The van der Waals surface area contributed by atoms with Crippen molar-refractivity contribution in [3.05, 3.63) is 86.6 Å². The monoisotopic (exact) mass is 463 g/mol. The molecule has 30 heavy (non-hydrogen) atoms. The van der Waals surface area contributed by atoms with Crippen LogP contribution in [0, 0.1) is 0 Å². The van der Waals surface area contributed by atoms with Gasteiger partial charge in [-0.1, -0.05) is 41.9 Å². The van der Waals surface area contributed by atoms with Gasteiger partial charge in [0.2, 0.25) is 0 Å². The second-order valence-corrected chi connectivity index (χ2v) is 9.93. The number of carbonyl (C=O) groups excluding carboxylic acids is 2. The van der Waals surface area contributed by atoms with Gasteiger partial charge in [-0.2, -0.15) is 0 Å². The van der Waals surface area contributed by atoms with E-state index >= 15 is 0 Å². The highest BCUT2D eigenvalue weighted by Crippen LogP contribution is 2.41. The summed E-state index contributed by atoms with van der Waals surface area (Å²) in [7, 11) is -4.24. The first-order valence-corrected chi connectivity index (χ1v) is 11.9. The van der Waals surface area contributed by atoms with Crippen molar-refractivity contribution in [1.82, 2.24) is 0 Å². The third-order valence-electron chi connectivity index (χ3n) is 4.29. The molecule has 0 aliphatic rings. The summed E-state index contributed by atoms with van der Waals surface area (Å²) in [6.07, 6.45) is -0.427. The Labute approximate surface area is 182 Å². The highest BCUT2D eigenvalue weighted by molar-refractivity contribution is 7.51. The zero-order valence-electron chi connectivity index (χ0n) is 16.0. The number of hydrogen-bond acceptors (Lipinski definition) is 4. The maximum atomic E-state index is 13.4. The van der Waals surface area contributed by atoms with E-state index in [1.807, 2.05) is 30.3 Å². The molecule has 0 aliphatic carbocycles. The fourth-order valence-corrected chi connectivity index (χ4v) is 5.17. The quantitative estimate of drug-likeness (QED) is 0.374. The Bertz CT molecular complexity index is 1130. The highest BCUT2D eigenvalue weighted by Gasteiger charge is 2.25. The van der Waals surface area contributed by atoms with Crippen LogP contribution >= 0.6 is 30.5 Å². The Morgan fingerprint density at radius 2 is 1.77 bits per heavy atom. The van der Waals surface area contributed by atoms with Crippen LogP contribution in [-0.2, 0) is 17.3 Å². The summed E-state index contributed by atoms with van der Waals surface area (Å²) in [4.78, 5) is 46.2. The largest absolute Gasteiger partial charge is 0.330 e. The van der Waals surface area contributed by atoms with Crippen LogP contribution in [0.2, 0.25) is 5.02 Å². The minimum Gasteiger partial charge on any atom is -0.324 e. The van der Waals surface area contributed by atoms with Gasteiger partial charge in [0.25, 0.3) is 5.91 Å². The average molecular weight is 464 g/mol. The summed E-state index contributed by atoms with van der Waals surface area (Å²) in [6.45, 7) is 1.62. The second kappa shape index (κ2) is 9.25. The van der Waals surface area contributed by atoms with Gasteiger partial charge in [0, 0.05) is 15.5 Å². The third-order valence-corrected chi connectivity index (χ3v) is 6.57. The molecule has 1 amide bonds. The van der Waals surface area contributed by atoms with E-state index in [4.69, 9.17) is 11.6 Å². The molecule has 6 nitrogen and oxygen atoms in total. The van der Waals surface area contributed by atoms with E-state index in [0.717, 1.165) is 16.9 Å². The third kappa shape index (κ3) is 5.65. The molecule has 9 heteroatoms. The normalized spacial score (nSPS) is 11.3. The number of thiophene rings is 1. The zero-order valence-corrected chi connectivity index (χ0v) is 18.5. The lowest BCUT2D eigenvalue weighted by Crippen LogP contribution is -2.31. The molecule has 2 N–H and O–H groups in total. The van der Waals surface area contributed by atoms with Crippen molar-refractivity contribution >= 4 is 47.9 Å². The zero-order chi connectivity index (χ0) is 21.9. The molecule has 0 spiro atoms. The van der Waals surface area contributed by atoms with Crippen LogP contribution in [0.5, 0.6) is 0 Å². The molecule has 0 bridgehead atoms. The summed E-state index contributed by atoms with van der Waals surface area (Å²) in [6, 6.07) is 17.2. The van der Waals surface area contributed by atoms with Crippen LogP contribution in [0.25, 0.3) is 0 Å². The Balaban J connectivity index is 2.03. The number of Topliss-reactive ketones (excluding diaryl/α,β-unsaturated/α-hetero) is 1. The maximum absolute atomic E-state index is 13.4. The number of benzene rings is 2. The van der Waals surface area contributed by atoms with Crippen LogP contribution < -0.4 is 4.90 Å². The van der Waals surface area contributed by atoms with E-state index in [-0.39, 0.29) is 18.2 Å². The van der Waals surface area contributed by atoms with E-state index in [2.05, 4.69) is 0 Å². The molecule has 0 saturated carbocycles. The van der Waals surface area contributed by atoms with Gasteiger partial charge in [-0.25, -0.2) is 0 Å². The first kappa shape index (κ1) is 22.4. The molecule has 1 aromatic heterocycles. The maximum Gasteiger partial charge on any atom is 0.330 e. The summed E-state index contributed by atoms with van der Waals surface area (Å²) < 4.78 is 11.3. The van der Waals surface area contributed by atoms with Crippen molar-refractivity contribution in [3.63, 3.8) is 0 Å². The number of ketones is 1. The number of nitrogens with zero attached hydrogens (tertiary/aromatic N) is 1. The Morgan fingerprint density at radius 1 is 1.07 bits per heavy atom. The van der Waals surface area contributed by atoms with E-state index < -0.39 is 13.8 Å². The van der Waals surface area contributed by atoms with Gasteiger partial charge >= 0.3 is 7.60 Å². The molecule has 0 unspecified atom stereocenters. The first-order chi connectivity index (χ1) is 14.1. The molecule has 3 rings (SSSR count). The van der Waals surface area contributed by atoms with Crippen molar-refractivity contribution in [2.75, 3.05) is 4.90 Å². The van der Waals surface area contributed by atoms with Gasteiger partial charge in [-0.3, -0.25) is 14.2 Å². The minimum absolute atomic E-state index is 0.216. The first-order valence-electron chi connectivity index (χ1n) is 8.93. The number of anilines is 1. The number of hydrogen-bond donors (Lipinski definition) is 2. The molecule has 1 heterocycles. The van der Waals surface area contributed by atoms with Crippen LogP contribution in [0.3, 0.4) is 0 Å². The number of amides is 1. The molecule has 0 aliphatic heterocycles. The van der Waals surface area contributed by atoms with Gasteiger partial charge in [0.05, 0.1) is 23.3 Å². The fraction of sp³-hybridized carbons (Fsp3) is 0.143. The number of halogens is 1.